The zero-order chi connectivity index (χ0) is 20.9. The molecule has 0 aromatic heterocycles. The fourth-order valence-corrected chi connectivity index (χ4v) is 4.56. The smallest absolute Gasteiger partial charge is 0.253 e. The Kier molecular flexibility index (Phi) is 7.58. The molecule has 1 aliphatic rings. The van der Waals surface area contributed by atoms with E-state index in [0.717, 1.165) is 0 Å². The number of rotatable bonds is 7. The van der Waals surface area contributed by atoms with Crippen molar-refractivity contribution >= 4 is 15.9 Å². The van der Waals surface area contributed by atoms with Gasteiger partial charge in [0, 0.05) is 37.8 Å². The Labute approximate surface area is 168 Å². The zero-order valence-electron chi connectivity index (χ0n) is 17.1. The van der Waals surface area contributed by atoms with Gasteiger partial charge in [0.1, 0.15) is 6.04 Å². The SMILES string of the molecule is CCC(C)NS(=O)(=O)c1ccc(C(=O)N2CCN(C(C#N)C(C)C)CC2)cc1. The maximum atomic E-state index is 12.7. The fourth-order valence-electron chi connectivity index (χ4n) is 3.23. The van der Waals surface area contributed by atoms with E-state index in [1.165, 1.54) is 12.1 Å². The second kappa shape index (κ2) is 9.50. The second-order valence-corrected chi connectivity index (χ2v) is 9.32. The van der Waals surface area contributed by atoms with Gasteiger partial charge in [0.15, 0.2) is 0 Å². The Morgan fingerprint density at radius 2 is 1.71 bits per heavy atom. The van der Waals surface area contributed by atoms with E-state index in [0.29, 0.717) is 38.2 Å². The first-order valence-electron chi connectivity index (χ1n) is 9.75. The number of nitriles is 1. The highest BCUT2D eigenvalue weighted by Gasteiger charge is 2.28. The summed E-state index contributed by atoms with van der Waals surface area (Å²) in [5.74, 6) is 0.127. The summed E-state index contributed by atoms with van der Waals surface area (Å²) in [7, 11) is -3.58. The molecule has 0 aliphatic carbocycles. The predicted octanol–water partition coefficient (Wildman–Crippen LogP) is 2.07. The maximum Gasteiger partial charge on any atom is 0.253 e. The highest BCUT2D eigenvalue weighted by atomic mass is 32.2. The van der Waals surface area contributed by atoms with Crippen LogP contribution in [0.5, 0.6) is 0 Å². The number of nitrogens with zero attached hydrogens (tertiary/aromatic N) is 3. The topological polar surface area (TPSA) is 93.5 Å². The molecular formula is C20H30N4O3S. The van der Waals surface area contributed by atoms with E-state index in [9.17, 15) is 18.5 Å². The molecular weight excluding hydrogens is 376 g/mol. The molecule has 1 amide bonds. The van der Waals surface area contributed by atoms with Crippen molar-refractivity contribution < 1.29 is 13.2 Å². The van der Waals surface area contributed by atoms with Crippen molar-refractivity contribution in [3.63, 3.8) is 0 Å². The van der Waals surface area contributed by atoms with Gasteiger partial charge in [-0.05, 0) is 43.5 Å². The second-order valence-electron chi connectivity index (χ2n) is 7.60. The molecule has 0 spiro atoms. The van der Waals surface area contributed by atoms with Crippen LogP contribution in [-0.4, -0.2) is 62.4 Å². The highest BCUT2D eigenvalue weighted by molar-refractivity contribution is 7.89. The first-order chi connectivity index (χ1) is 13.2. The number of piperazine rings is 1. The minimum absolute atomic E-state index is 0.114. The van der Waals surface area contributed by atoms with Crippen molar-refractivity contribution in [3.8, 4) is 6.07 Å². The quantitative estimate of drug-likeness (QED) is 0.748. The first-order valence-corrected chi connectivity index (χ1v) is 11.2. The molecule has 1 N–H and O–H groups in total. The van der Waals surface area contributed by atoms with Crippen molar-refractivity contribution in [1.29, 1.82) is 5.26 Å². The molecule has 1 saturated heterocycles. The summed E-state index contributed by atoms with van der Waals surface area (Å²) in [4.78, 5) is 16.8. The van der Waals surface area contributed by atoms with E-state index in [4.69, 9.17) is 0 Å². The Bertz CT molecular complexity index is 807. The molecule has 2 rings (SSSR count). The maximum absolute atomic E-state index is 12.7. The molecule has 1 heterocycles. The van der Waals surface area contributed by atoms with Crippen LogP contribution < -0.4 is 4.72 Å². The molecule has 2 atom stereocenters. The number of nitrogens with one attached hydrogen (secondary N) is 1. The van der Waals surface area contributed by atoms with E-state index in [2.05, 4.69) is 15.7 Å². The fraction of sp³-hybridized carbons (Fsp3) is 0.600. The summed E-state index contributed by atoms with van der Waals surface area (Å²) >= 11 is 0. The van der Waals surface area contributed by atoms with Gasteiger partial charge in [0.05, 0.1) is 11.0 Å². The van der Waals surface area contributed by atoms with Crippen molar-refractivity contribution in [2.75, 3.05) is 26.2 Å². The Morgan fingerprint density at radius 3 is 2.18 bits per heavy atom. The van der Waals surface area contributed by atoms with Crippen LogP contribution in [-0.2, 0) is 10.0 Å². The normalized spacial score (nSPS) is 17.9. The molecule has 0 saturated carbocycles. The molecule has 0 radical (unpaired) electrons. The van der Waals surface area contributed by atoms with Gasteiger partial charge in [-0.3, -0.25) is 9.69 Å². The summed E-state index contributed by atoms with van der Waals surface area (Å²) in [5.41, 5.74) is 0.469. The molecule has 154 valence electrons. The molecule has 8 heteroatoms. The van der Waals surface area contributed by atoms with Gasteiger partial charge in [-0.15, -0.1) is 0 Å². The Hall–Kier alpha value is -1.95. The standard InChI is InChI=1S/C20H30N4O3S/c1-5-16(4)22-28(26,27)18-8-6-17(7-9-18)20(25)24-12-10-23(11-13-24)19(14-21)15(2)3/h6-9,15-16,19,22H,5,10-13H2,1-4H3. The largest absolute Gasteiger partial charge is 0.336 e. The summed E-state index contributed by atoms with van der Waals surface area (Å²) < 4.78 is 27.3. The number of carbonyl (C=O) groups is 1. The van der Waals surface area contributed by atoms with Gasteiger partial charge < -0.3 is 4.90 Å². The highest BCUT2D eigenvalue weighted by Crippen LogP contribution is 2.17. The van der Waals surface area contributed by atoms with Gasteiger partial charge in [-0.25, -0.2) is 13.1 Å². The lowest BCUT2D eigenvalue weighted by Crippen LogP contribution is -2.52. The molecule has 1 aliphatic heterocycles. The Morgan fingerprint density at radius 1 is 1.14 bits per heavy atom. The van der Waals surface area contributed by atoms with Gasteiger partial charge in [-0.2, -0.15) is 5.26 Å². The van der Waals surface area contributed by atoms with Crippen LogP contribution in [0.1, 0.15) is 44.5 Å². The Balaban J connectivity index is 2.02. The summed E-state index contributed by atoms with van der Waals surface area (Å²) in [5, 5.41) is 9.34. The lowest BCUT2D eigenvalue weighted by Gasteiger charge is -2.38. The third-order valence-corrected chi connectivity index (χ3v) is 6.74. The van der Waals surface area contributed by atoms with Crippen LogP contribution in [0.3, 0.4) is 0 Å². The van der Waals surface area contributed by atoms with Crippen LogP contribution in [0.2, 0.25) is 0 Å². The minimum atomic E-state index is -3.58. The average Bonchev–Trinajstić information content (AvgIpc) is 2.68. The summed E-state index contributed by atoms with van der Waals surface area (Å²) in [6, 6.07) is 8.12. The number of hydrogen-bond acceptors (Lipinski definition) is 5. The van der Waals surface area contributed by atoms with Crippen LogP contribution in [0.25, 0.3) is 0 Å². The molecule has 1 aromatic rings. The first kappa shape index (κ1) is 22.3. The molecule has 0 bridgehead atoms. The molecule has 2 unspecified atom stereocenters. The van der Waals surface area contributed by atoms with E-state index < -0.39 is 10.0 Å². The summed E-state index contributed by atoms with van der Waals surface area (Å²) in [6.45, 7) is 10.2. The molecule has 1 aromatic carbocycles. The predicted molar refractivity (Wildman–Crippen MR) is 108 cm³/mol. The van der Waals surface area contributed by atoms with E-state index in [1.807, 2.05) is 27.7 Å². The number of benzene rings is 1. The third kappa shape index (κ3) is 5.31. The average molecular weight is 407 g/mol. The molecule has 28 heavy (non-hydrogen) atoms. The van der Waals surface area contributed by atoms with Crippen LogP contribution in [0, 0.1) is 17.2 Å². The zero-order valence-corrected chi connectivity index (χ0v) is 17.9. The van der Waals surface area contributed by atoms with Crippen molar-refractivity contribution in [1.82, 2.24) is 14.5 Å². The summed E-state index contributed by atoms with van der Waals surface area (Å²) in [6.07, 6.45) is 0.700. The number of carbonyl (C=O) groups excluding carboxylic acids is 1. The molecule has 7 nitrogen and oxygen atoms in total. The van der Waals surface area contributed by atoms with E-state index in [1.54, 1.807) is 17.0 Å². The number of sulfonamides is 1. The minimum Gasteiger partial charge on any atom is -0.336 e. The molecule has 1 fully saturated rings. The number of hydrogen-bond donors (Lipinski definition) is 1. The van der Waals surface area contributed by atoms with Gasteiger partial charge >= 0.3 is 0 Å². The van der Waals surface area contributed by atoms with Crippen LogP contribution in [0.4, 0.5) is 0 Å². The third-order valence-electron chi connectivity index (χ3n) is 5.14. The van der Waals surface area contributed by atoms with Gasteiger partial charge in [0.25, 0.3) is 5.91 Å². The lowest BCUT2D eigenvalue weighted by molar-refractivity contribution is 0.0576. The van der Waals surface area contributed by atoms with E-state index in [-0.39, 0.29) is 28.8 Å². The van der Waals surface area contributed by atoms with Crippen molar-refractivity contribution in [2.24, 2.45) is 5.92 Å². The lowest BCUT2D eigenvalue weighted by atomic mass is 10.0. The van der Waals surface area contributed by atoms with Gasteiger partial charge in [0.2, 0.25) is 10.0 Å². The van der Waals surface area contributed by atoms with Crippen LogP contribution in [0.15, 0.2) is 29.2 Å². The van der Waals surface area contributed by atoms with Gasteiger partial charge in [-0.1, -0.05) is 20.8 Å². The van der Waals surface area contributed by atoms with Crippen LogP contribution >= 0.6 is 0 Å². The van der Waals surface area contributed by atoms with Crippen molar-refractivity contribution in [2.45, 2.75) is 51.1 Å². The van der Waals surface area contributed by atoms with Crippen molar-refractivity contribution in [3.05, 3.63) is 29.8 Å². The number of amides is 1. The monoisotopic (exact) mass is 406 g/mol. The van der Waals surface area contributed by atoms with E-state index >= 15 is 0 Å².